The third-order valence-corrected chi connectivity index (χ3v) is 3.55. The lowest BCUT2D eigenvalue weighted by molar-refractivity contribution is -0.145. The van der Waals surface area contributed by atoms with Gasteiger partial charge in [-0.3, -0.25) is 4.79 Å². The minimum absolute atomic E-state index is 0.0830. The Kier molecular flexibility index (Phi) is 5.46. The fraction of sp³-hybridized carbons (Fsp3) is 0.200. The number of aromatic nitrogens is 1. The van der Waals surface area contributed by atoms with E-state index in [-0.39, 0.29) is 25.6 Å². The van der Waals surface area contributed by atoms with Crippen LogP contribution in [0.4, 0.5) is 0 Å². The first-order valence-corrected chi connectivity index (χ1v) is 8.05. The SMILES string of the molecule is Cc1ccc(OCCC(=O)OCc2coc(-c3ccccc3)n2)cc1. The number of nitrogens with zero attached hydrogens (tertiary/aromatic N) is 1. The van der Waals surface area contributed by atoms with E-state index in [1.807, 2.05) is 61.5 Å². The Hall–Kier alpha value is -3.08. The van der Waals surface area contributed by atoms with Crippen molar-refractivity contribution in [1.82, 2.24) is 4.98 Å². The minimum Gasteiger partial charge on any atom is -0.493 e. The van der Waals surface area contributed by atoms with Crippen molar-refractivity contribution < 1.29 is 18.7 Å². The molecular formula is C20H19NO4. The molecule has 3 rings (SSSR count). The van der Waals surface area contributed by atoms with Crippen molar-refractivity contribution in [3.8, 4) is 17.2 Å². The first kappa shape index (κ1) is 16.8. The smallest absolute Gasteiger partial charge is 0.309 e. The third kappa shape index (κ3) is 4.94. The summed E-state index contributed by atoms with van der Waals surface area (Å²) >= 11 is 0. The Morgan fingerprint density at radius 3 is 2.60 bits per heavy atom. The van der Waals surface area contributed by atoms with Crippen LogP contribution in [0.25, 0.3) is 11.5 Å². The van der Waals surface area contributed by atoms with Crippen LogP contribution in [0.15, 0.2) is 65.3 Å². The maximum atomic E-state index is 11.8. The molecule has 0 unspecified atom stereocenters. The summed E-state index contributed by atoms with van der Waals surface area (Å²) in [5, 5.41) is 0. The van der Waals surface area contributed by atoms with Gasteiger partial charge in [0.2, 0.25) is 5.89 Å². The lowest BCUT2D eigenvalue weighted by Gasteiger charge is -2.06. The number of hydrogen-bond donors (Lipinski definition) is 0. The predicted octanol–water partition coefficient (Wildman–Crippen LogP) is 4.16. The highest BCUT2D eigenvalue weighted by molar-refractivity contribution is 5.69. The zero-order valence-corrected chi connectivity index (χ0v) is 14.0. The van der Waals surface area contributed by atoms with E-state index < -0.39 is 0 Å². The van der Waals surface area contributed by atoms with E-state index in [2.05, 4.69) is 4.98 Å². The highest BCUT2D eigenvalue weighted by atomic mass is 16.5. The van der Waals surface area contributed by atoms with Gasteiger partial charge in [0.05, 0.1) is 13.0 Å². The van der Waals surface area contributed by atoms with Crippen LogP contribution in [-0.2, 0) is 16.1 Å². The van der Waals surface area contributed by atoms with Crippen LogP contribution >= 0.6 is 0 Å². The molecule has 0 N–H and O–H groups in total. The first-order chi connectivity index (χ1) is 12.2. The highest BCUT2D eigenvalue weighted by Crippen LogP contribution is 2.18. The van der Waals surface area contributed by atoms with Gasteiger partial charge in [0, 0.05) is 5.56 Å². The Labute approximate surface area is 146 Å². The van der Waals surface area contributed by atoms with Gasteiger partial charge in [0.15, 0.2) is 0 Å². The molecule has 2 aromatic carbocycles. The molecule has 0 aliphatic rings. The molecule has 0 atom stereocenters. The van der Waals surface area contributed by atoms with E-state index in [4.69, 9.17) is 13.9 Å². The highest BCUT2D eigenvalue weighted by Gasteiger charge is 2.09. The molecule has 0 saturated heterocycles. The summed E-state index contributed by atoms with van der Waals surface area (Å²) in [4.78, 5) is 16.1. The van der Waals surface area contributed by atoms with Crippen LogP contribution in [0.2, 0.25) is 0 Å². The van der Waals surface area contributed by atoms with Gasteiger partial charge in [-0.25, -0.2) is 4.98 Å². The molecule has 1 heterocycles. The van der Waals surface area contributed by atoms with Crippen LogP contribution in [0.5, 0.6) is 5.75 Å². The molecule has 0 radical (unpaired) electrons. The number of benzene rings is 2. The van der Waals surface area contributed by atoms with Crippen molar-refractivity contribution in [3.63, 3.8) is 0 Å². The Morgan fingerprint density at radius 2 is 1.84 bits per heavy atom. The average Bonchev–Trinajstić information content (AvgIpc) is 3.11. The summed E-state index contributed by atoms with van der Waals surface area (Å²) in [6, 6.07) is 17.2. The maximum Gasteiger partial charge on any atom is 0.309 e. The first-order valence-electron chi connectivity index (χ1n) is 8.05. The second-order valence-corrected chi connectivity index (χ2v) is 5.58. The van der Waals surface area contributed by atoms with E-state index in [1.165, 1.54) is 6.26 Å². The minimum atomic E-state index is -0.337. The number of carbonyl (C=O) groups is 1. The quantitative estimate of drug-likeness (QED) is 0.606. The van der Waals surface area contributed by atoms with Crippen LogP contribution in [0, 0.1) is 6.92 Å². The fourth-order valence-electron chi connectivity index (χ4n) is 2.20. The fourth-order valence-corrected chi connectivity index (χ4v) is 2.20. The molecule has 0 fully saturated rings. The number of hydrogen-bond acceptors (Lipinski definition) is 5. The molecule has 0 amide bonds. The predicted molar refractivity (Wildman–Crippen MR) is 93.0 cm³/mol. The standard InChI is InChI=1S/C20H19NO4/c1-15-7-9-18(10-8-15)23-12-11-19(22)24-13-17-14-25-20(21-17)16-5-3-2-4-6-16/h2-10,14H,11-13H2,1H3. The lowest BCUT2D eigenvalue weighted by Crippen LogP contribution is -2.10. The van der Waals surface area contributed by atoms with E-state index in [0.29, 0.717) is 11.6 Å². The van der Waals surface area contributed by atoms with Gasteiger partial charge in [-0.05, 0) is 31.2 Å². The summed E-state index contributed by atoms with van der Waals surface area (Å²) in [6.07, 6.45) is 1.68. The molecule has 0 bridgehead atoms. The maximum absolute atomic E-state index is 11.8. The summed E-state index contributed by atoms with van der Waals surface area (Å²) in [5.74, 6) is 0.910. The van der Waals surface area contributed by atoms with Crippen molar-refractivity contribution >= 4 is 5.97 Å². The topological polar surface area (TPSA) is 61.6 Å². The summed E-state index contributed by atoms with van der Waals surface area (Å²) in [7, 11) is 0. The largest absolute Gasteiger partial charge is 0.493 e. The monoisotopic (exact) mass is 337 g/mol. The molecule has 5 heteroatoms. The van der Waals surface area contributed by atoms with E-state index in [9.17, 15) is 4.79 Å². The zero-order chi connectivity index (χ0) is 17.5. The van der Waals surface area contributed by atoms with E-state index >= 15 is 0 Å². The van der Waals surface area contributed by atoms with Gasteiger partial charge < -0.3 is 13.9 Å². The summed E-state index contributed by atoms with van der Waals surface area (Å²) in [5.41, 5.74) is 2.62. The Balaban J connectivity index is 1.42. The normalized spacial score (nSPS) is 10.4. The van der Waals surface area contributed by atoms with Gasteiger partial charge in [-0.1, -0.05) is 35.9 Å². The van der Waals surface area contributed by atoms with Crippen molar-refractivity contribution in [2.45, 2.75) is 20.0 Å². The second-order valence-electron chi connectivity index (χ2n) is 5.58. The number of esters is 1. The van der Waals surface area contributed by atoms with Gasteiger partial charge in [0.1, 0.15) is 24.3 Å². The number of rotatable bonds is 7. The molecule has 1 aromatic heterocycles. The number of ether oxygens (including phenoxy) is 2. The molecule has 0 aliphatic carbocycles. The van der Waals surface area contributed by atoms with E-state index in [0.717, 1.165) is 16.9 Å². The molecule has 0 spiro atoms. The zero-order valence-electron chi connectivity index (χ0n) is 14.0. The number of aryl methyl sites for hydroxylation is 1. The van der Waals surface area contributed by atoms with Crippen LogP contribution < -0.4 is 4.74 Å². The second kappa shape index (κ2) is 8.15. The van der Waals surface area contributed by atoms with Crippen LogP contribution in [0.3, 0.4) is 0 Å². The Morgan fingerprint density at radius 1 is 1.08 bits per heavy atom. The summed E-state index contributed by atoms with van der Waals surface area (Å²) < 4.78 is 16.1. The molecule has 0 aliphatic heterocycles. The molecule has 25 heavy (non-hydrogen) atoms. The third-order valence-electron chi connectivity index (χ3n) is 3.55. The molecule has 0 saturated carbocycles. The summed E-state index contributed by atoms with van der Waals surface area (Å²) in [6.45, 7) is 2.37. The molecular weight excluding hydrogens is 318 g/mol. The number of oxazole rings is 1. The lowest BCUT2D eigenvalue weighted by atomic mass is 10.2. The number of carbonyl (C=O) groups excluding carboxylic acids is 1. The molecule has 128 valence electrons. The van der Waals surface area contributed by atoms with Crippen LogP contribution in [0.1, 0.15) is 17.7 Å². The van der Waals surface area contributed by atoms with Crippen molar-refractivity contribution in [2.75, 3.05) is 6.61 Å². The van der Waals surface area contributed by atoms with Crippen molar-refractivity contribution in [2.24, 2.45) is 0 Å². The van der Waals surface area contributed by atoms with Gasteiger partial charge in [-0.2, -0.15) is 0 Å². The molecule has 5 nitrogen and oxygen atoms in total. The van der Waals surface area contributed by atoms with Crippen molar-refractivity contribution in [1.29, 1.82) is 0 Å². The van der Waals surface area contributed by atoms with Gasteiger partial charge in [0.25, 0.3) is 0 Å². The van der Waals surface area contributed by atoms with Crippen molar-refractivity contribution in [3.05, 3.63) is 72.1 Å². The Bertz CT molecular complexity index is 809. The average molecular weight is 337 g/mol. The molecule has 3 aromatic rings. The van der Waals surface area contributed by atoms with Gasteiger partial charge >= 0.3 is 5.97 Å². The van der Waals surface area contributed by atoms with E-state index in [1.54, 1.807) is 0 Å². The van der Waals surface area contributed by atoms with Gasteiger partial charge in [-0.15, -0.1) is 0 Å². The van der Waals surface area contributed by atoms with Crippen LogP contribution in [-0.4, -0.2) is 17.6 Å².